The van der Waals surface area contributed by atoms with Crippen molar-refractivity contribution in [2.24, 2.45) is 7.05 Å². The van der Waals surface area contributed by atoms with Gasteiger partial charge in [0.25, 0.3) is 0 Å². The number of aromatic nitrogens is 2. The lowest BCUT2D eigenvalue weighted by Crippen LogP contribution is -2.39. The zero-order chi connectivity index (χ0) is 23.8. The molecule has 0 spiro atoms. The number of aryl methyl sites for hydroxylation is 2. The van der Waals surface area contributed by atoms with Crippen molar-refractivity contribution in [3.8, 4) is 0 Å². The first kappa shape index (κ1) is 30.3. The molecule has 2 N–H and O–H groups in total. The minimum Gasteiger partial charge on any atom is -0.385 e. The molecule has 30 heavy (non-hydrogen) atoms. The molecule has 7 heteroatoms. The second-order valence-corrected chi connectivity index (χ2v) is 5.95. The van der Waals surface area contributed by atoms with Crippen LogP contribution >= 0.6 is 0 Å². The Morgan fingerprint density at radius 3 is 1.70 bits per heavy atom. The molecule has 2 aromatic rings. The van der Waals surface area contributed by atoms with Gasteiger partial charge in [0, 0.05) is 18.9 Å². The van der Waals surface area contributed by atoms with Crippen LogP contribution in [0.15, 0.2) is 36.5 Å². The number of nitrogens with one attached hydrogen (secondary N) is 1. The zero-order valence-corrected chi connectivity index (χ0v) is 19.8. The van der Waals surface area contributed by atoms with Gasteiger partial charge in [-0.05, 0) is 56.6 Å². The van der Waals surface area contributed by atoms with E-state index in [4.69, 9.17) is 0 Å². The Bertz CT molecular complexity index is 630. The Hall–Kier alpha value is -1.86. The highest BCUT2D eigenvalue weighted by Gasteiger charge is 2.33. The number of benzene rings is 1. The van der Waals surface area contributed by atoms with E-state index in [0.717, 1.165) is 12.1 Å². The molecule has 0 bridgehead atoms. The molecule has 0 amide bonds. The molecule has 1 aliphatic rings. The summed E-state index contributed by atoms with van der Waals surface area (Å²) in [5, 5.41) is 17.4. The predicted octanol–water partition coefficient (Wildman–Crippen LogP) is 6.08. The van der Waals surface area contributed by atoms with Crippen LogP contribution in [0.1, 0.15) is 71.2 Å². The average Bonchev–Trinajstić information content (AvgIpc) is 3.15. The molecule has 0 unspecified atom stereocenters. The lowest BCUT2D eigenvalue weighted by molar-refractivity contribution is -0.137. The lowest BCUT2D eigenvalue weighted by atomic mass is 9.85. The van der Waals surface area contributed by atoms with Crippen LogP contribution in [0.25, 0.3) is 0 Å². The molecule has 0 atom stereocenters. The first-order chi connectivity index (χ1) is 14.2. The second kappa shape index (κ2) is 15.9. The minimum atomic E-state index is -4.32. The third kappa shape index (κ3) is 10.3. The molecule has 4 nitrogen and oxygen atoms in total. The van der Waals surface area contributed by atoms with Gasteiger partial charge < -0.3 is 10.4 Å². The van der Waals surface area contributed by atoms with Crippen LogP contribution in [-0.2, 0) is 18.8 Å². The number of hydrogen-bond donors (Lipinski definition) is 2. The summed E-state index contributed by atoms with van der Waals surface area (Å²) in [6.45, 7) is 15.4. The maximum atomic E-state index is 12.4. The third-order valence-corrected chi connectivity index (χ3v) is 4.25. The maximum Gasteiger partial charge on any atom is 0.416 e. The number of alkyl halides is 3. The van der Waals surface area contributed by atoms with Gasteiger partial charge in [0.1, 0.15) is 0 Å². The smallest absolute Gasteiger partial charge is 0.385 e. The van der Waals surface area contributed by atoms with E-state index in [1.165, 1.54) is 17.8 Å². The van der Waals surface area contributed by atoms with Crippen molar-refractivity contribution < 1.29 is 18.3 Å². The standard InChI is InChI=1S/C12H14F3NO.C5H8N2.3C2H6/c13-12(14,15)10-3-1-9(2-4-10)11(17)5-7-16-8-6-11;1-5-3-4-6-7(5)2;3*1-2/h1-4,16-17H,5-8H2;3-4H,1-2H3;3*1-2H3. The molecule has 0 aliphatic carbocycles. The SMILES string of the molecule is CC.CC.CC.Cc1ccnn1C.OC1(c2ccc(C(F)(F)F)cc2)CCNCC1. The van der Waals surface area contributed by atoms with E-state index in [0.29, 0.717) is 31.5 Å². The van der Waals surface area contributed by atoms with Crippen molar-refractivity contribution >= 4 is 0 Å². The quantitative estimate of drug-likeness (QED) is 0.575. The Morgan fingerprint density at radius 1 is 0.933 bits per heavy atom. The number of nitrogens with zero attached hydrogens (tertiary/aromatic N) is 2. The number of rotatable bonds is 1. The van der Waals surface area contributed by atoms with Gasteiger partial charge in [0.2, 0.25) is 0 Å². The Kier molecular flexibility index (Phi) is 16.1. The summed E-state index contributed by atoms with van der Waals surface area (Å²) < 4.78 is 39.0. The van der Waals surface area contributed by atoms with E-state index in [1.807, 2.05) is 66.3 Å². The molecule has 1 fully saturated rings. The van der Waals surface area contributed by atoms with Crippen molar-refractivity contribution in [2.45, 2.75) is 73.1 Å². The summed E-state index contributed by atoms with van der Waals surface area (Å²) in [4.78, 5) is 0. The fourth-order valence-electron chi connectivity index (χ4n) is 2.54. The highest BCUT2D eigenvalue weighted by atomic mass is 19.4. The molecule has 0 radical (unpaired) electrons. The second-order valence-electron chi connectivity index (χ2n) is 5.95. The van der Waals surface area contributed by atoms with Gasteiger partial charge >= 0.3 is 6.18 Å². The molecule has 3 rings (SSSR count). The average molecular weight is 432 g/mol. The maximum absolute atomic E-state index is 12.4. The molecule has 2 heterocycles. The fourth-order valence-corrected chi connectivity index (χ4v) is 2.54. The topological polar surface area (TPSA) is 50.1 Å². The van der Waals surface area contributed by atoms with Crippen LogP contribution in [-0.4, -0.2) is 28.0 Å². The molecule has 1 aliphatic heterocycles. The Labute approximate surface area is 180 Å². The minimum absolute atomic E-state index is 0.526. The van der Waals surface area contributed by atoms with E-state index in [2.05, 4.69) is 10.4 Å². The van der Waals surface area contributed by atoms with Gasteiger partial charge in [-0.1, -0.05) is 53.7 Å². The van der Waals surface area contributed by atoms with Gasteiger partial charge in [-0.15, -0.1) is 0 Å². The van der Waals surface area contributed by atoms with Crippen LogP contribution in [0.4, 0.5) is 13.2 Å². The predicted molar refractivity (Wildman–Crippen MR) is 119 cm³/mol. The lowest BCUT2D eigenvalue weighted by Gasteiger charge is -2.33. The van der Waals surface area contributed by atoms with Crippen molar-refractivity contribution in [2.75, 3.05) is 13.1 Å². The van der Waals surface area contributed by atoms with Crippen LogP contribution in [0.3, 0.4) is 0 Å². The Balaban J connectivity index is 0. The summed E-state index contributed by atoms with van der Waals surface area (Å²) in [5.74, 6) is 0. The first-order valence-electron chi connectivity index (χ1n) is 10.8. The number of halogens is 3. The number of aliphatic hydroxyl groups is 1. The van der Waals surface area contributed by atoms with E-state index in [1.54, 1.807) is 6.20 Å². The largest absolute Gasteiger partial charge is 0.416 e. The van der Waals surface area contributed by atoms with E-state index in [-0.39, 0.29) is 0 Å². The van der Waals surface area contributed by atoms with Crippen LogP contribution in [0, 0.1) is 6.92 Å². The summed E-state index contributed by atoms with van der Waals surface area (Å²) in [6.07, 6.45) is -1.48. The van der Waals surface area contributed by atoms with Crippen molar-refractivity contribution in [3.05, 3.63) is 53.3 Å². The molecule has 0 saturated carbocycles. The highest BCUT2D eigenvalue weighted by molar-refractivity contribution is 5.29. The summed E-state index contributed by atoms with van der Waals surface area (Å²) in [5.41, 5.74) is 0.0841. The normalized spacial score (nSPS) is 14.3. The van der Waals surface area contributed by atoms with Crippen molar-refractivity contribution in [3.63, 3.8) is 0 Å². The van der Waals surface area contributed by atoms with Crippen LogP contribution < -0.4 is 5.32 Å². The van der Waals surface area contributed by atoms with E-state index < -0.39 is 17.3 Å². The summed E-state index contributed by atoms with van der Waals surface area (Å²) >= 11 is 0. The van der Waals surface area contributed by atoms with Crippen molar-refractivity contribution in [1.82, 2.24) is 15.1 Å². The van der Waals surface area contributed by atoms with E-state index >= 15 is 0 Å². The highest BCUT2D eigenvalue weighted by Crippen LogP contribution is 2.34. The van der Waals surface area contributed by atoms with Gasteiger partial charge in [-0.2, -0.15) is 18.3 Å². The third-order valence-electron chi connectivity index (χ3n) is 4.25. The van der Waals surface area contributed by atoms with Crippen LogP contribution in [0.5, 0.6) is 0 Å². The van der Waals surface area contributed by atoms with Gasteiger partial charge in [0.05, 0.1) is 11.2 Å². The van der Waals surface area contributed by atoms with Crippen molar-refractivity contribution in [1.29, 1.82) is 0 Å². The van der Waals surface area contributed by atoms with Crippen LogP contribution in [0.2, 0.25) is 0 Å². The monoisotopic (exact) mass is 431 g/mol. The molecule has 1 saturated heterocycles. The molecular formula is C23H40F3N3O. The molecule has 1 aromatic carbocycles. The van der Waals surface area contributed by atoms with Gasteiger partial charge in [0.15, 0.2) is 0 Å². The molecule has 1 aromatic heterocycles. The van der Waals surface area contributed by atoms with Gasteiger partial charge in [-0.25, -0.2) is 0 Å². The summed E-state index contributed by atoms with van der Waals surface area (Å²) in [6, 6.07) is 6.76. The van der Waals surface area contributed by atoms with Gasteiger partial charge in [-0.3, -0.25) is 4.68 Å². The number of hydrogen-bond acceptors (Lipinski definition) is 3. The molecular weight excluding hydrogens is 391 g/mol. The molecule has 174 valence electrons. The number of piperidine rings is 1. The summed E-state index contributed by atoms with van der Waals surface area (Å²) in [7, 11) is 1.93. The Morgan fingerprint density at radius 2 is 1.40 bits per heavy atom. The zero-order valence-electron chi connectivity index (χ0n) is 19.8. The first-order valence-corrected chi connectivity index (χ1v) is 10.8. The fraction of sp³-hybridized carbons (Fsp3) is 0.609. The van der Waals surface area contributed by atoms with E-state index in [9.17, 15) is 18.3 Å².